The third-order valence-electron chi connectivity index (χ3n) is 3.43. The largest absolute Gasteiger partial charge is 0.464 e. The first-order valence-electron chi connectivity index (χ1n) is 7.89. The van der Waals surface area contributed by atoms with E-state index >= 15 is 0 Å². The molecule has 1 atom stereocenters. The van der Waals surface area contributed by atoms with E-state index in [-0.39, 0.29) is 6.61 Å². The summed E-state index contributed by atoms with van der Waals surface area (Å²) in [5.74, 6) is 0. The van der Waals surface area contributed by atoms with Gasteiger partial charge in [0.1, 0.15) is 12.7 Å². The first-order valence-corrected chi connectivity index (χ1v) is 7.89. The Morgan fingerprint density at radius 3 is 2.35 bits per heavy atom. The second-order valence-corrected chi connectivity index (χ2v) is 5.51. The van der Waals surface area contributed by atoms with Gasteiger partial charge in [-0.1, -0.05) is 24.3 Å². The molecule has 7 heteroatoms. The van der Waals surface area contributed by atoms with Gasteiger partial charge in [0.2, 0.25) is 6.08 Å². The second-order valence-electron chi connectivity index (χ2n) is 5.51. The number of carbonyl (C=O) groups is 2. The Balaban J connectivity index is 1.88. The number of ether oxygens (including phenoxy) is 2. The quantitative estimate of drug-likeness (QED) is 0.446. The molecule has 0 aliphatic carbocycles. The van der Waals surface area contributed by atoms with Crippen molar-refractivity contribution in [2.45, 2.75) is 19.4 Å². The molecule has 2 aromatic rings. The first-order chi connectivity index (χ1) is 12.6. The van der Waals surface area contributed by atoms with Crippen molar-refractivity contribution in [3.05, 3.63) is 59.7 Å². The van der Waals surface area contributed by atoms with E-state index in [1.54, 1.807) is 31.2 Å². The number of isocyanates is 1. The predicted molar refractivity (Wildman–Crippen MR) is 95.1 cm³/mol. The first kappa shape index (κ1) is 18.9. The van der Waals surface area contributed by atoms with Crippen LogP contribution in [0.1, 0.15) is 18.1 Å². The molecule has 1 amide bonds. The highest BCUT2D eigenvalue weighted by molar-refractivity contribution is 5.84. The molecule has 0 heterocycles. The summed E-state index contributed by atoms with van der Waals surface area (Å²) in [4.78, 5) is 35.6. The molecule has 1 unspecified atom stereocenters. The minimum Gasteiger partial charge on any atom is -0.464 e. The van der Waals surface area contributed by atoms with E-state index in [0.717, 1.165) is 11.1 Å². The van der Waals surface area contributed by atoms with Crippen molar-refractivity contribution in [3.8, 4) is 0 Å². The van der Waals surface area contributed by atoms with Gasteiger partial charge in [0, 0.05) is 5.69 Å². The van der Waals surface area contributed by atoms with Gasteiger partial charge in [0.05, 0.1) is 5.69 Å². The van der Waals surface area contributed by atoms with E-state index in [4.69, 9.17) is 4.74 Å². The van der Waals surface area contributed by atoms with E-state index in [1.807, 2.05) is 24.3 Å². The third-order valence-corrected chi connectivity index (χ3v) is 3.43. The summed E-state index contributed by atoms with van der Waals surface area (Å²) in [7, 11) is 0. The molecule has 0 saturated heterocycles. The number of hydrogen-bond donors (Lipinski definition) is 1. The summed E-state index contributed by atoms with van der Waals surface area (Å²) in [6, 6.07) is 14.6. The van der Waals surface area contributed by atoms with Crippen LogP contribution in [-0.4, -0.2) is 31.4 Å². The number of nitrogens with one attached hydrogen (secondary N) is 1. The lowest BCUT2D eigenvalue weighted by Crippen LogP contribution is -2.23. The van der Waals surface area contributed by atoms with Crippen LogP contribution in [0.15, 0.2) is 53.5 Å². The van der Waals surface area contributed by atoms with Crippen molar-refractivity contribution < 1.29 is 23.9 Å². The highest BCUT2D eigenvalue weighted by Crippen LogP contribution is 2.17. The average molecular weight is 354 g/mol. The number of carbonyl (C=O) groups excluding carboxylic acids is 3. The van der Waals surface area contributed by atoms with Gasteiger partial charge in [0.25, 0.3) is 6.47 Å². The normalized spacial score (nSPS) is 11.0. The lowest BCUT2D eigenvalue weighted by atomic mass is 10.0. The molecule has 0 aromatic heterocycles. The smallest absolute Gasteiger partial charge is 0.412 e. The van der Waals surface area contributed by atoms with Crippen LogP contribution in [0.25, 0.3) is 0 Å². The molecule has 0 spiro atoms. The molecule has 134 valence electrons. The minimum absolute atomic E-state index is 0.00675. The zero-order valence-corrected chi connectivity index (χ0v) is 14.2. The van der Waals surface area contributed by atoms with Crippen LogP contribution in [0.2, 0.25) is 0 Å². The van der Waals surface area contributed by atoms with Crippen molar-refractivity contribution in [2.75, 3.05) is 11.9 Å². The van der Waals surface area contributed by atoms with Crippen molar-refractivity contribution >= 4 is 30.0 Å². The highest BCUT2D eigenvalue weighted by atomic mass is 16.6. The maximum atomic E-state index is 11.7. The van der Waals surface area contributed by atoms with Crippen molar-refractivity contribution in [1.29, 1.82) is 0 Å². The fourth-order valence-electron chi connectivity index (χ4n) is 2.22. The molecule has 0 radical (unpaired) electrons. The molecule has 0 aliphatic heterocycles. The summed E-state index contributed by atoms with van der Waals surface area (Å²) in [5, 5.41) is 2.61. The Bertz CT molecular complexity index is 781. The zero-order chi connectivity index (χ0) is 18.8. The number of amides is 1. The maximum absolute atomic E-state index is 11.7. The molecule has 0 saturated carbocycles. The Morgan fingerprint density at radius 2 is 1.77 bits per heavy atom. The van der Waals surface area contributed by atoms with Gasteiger partial charge in [-0.3, -0.25) is 10.1 Å². The van der Waals surface area contributed by atoms with Crippen LogP contribution < -0.4 is 5.32 Å². The lowest BCUT2D eigenvalue weighted by Gasteiger charge is -2.13. The van der Waals surface area contributed by atoms with E-state index in [2.05, 4.69) is 15.0 Å². The van der Waals surface area contributed by atoms with Crippen LogP contribution >= 0.6 is 0 Å². The molecule has 2 aromatic carbocycles. The molecular weight excluding hydrogens is 336 g/mol. The van der Waals surface area contributed by atoms with Crippen molar-refractivity contribution in [1.82, 2.24) is 0 Å². The summed E-state index contributed by atoms with van der Waals surface area (Å²) >= 11 is 0. The number of benzene rings is 2. The van der Waals surface area contributed by atoms with Crippen molar-refractivity contribution in [2.24, 2.45) is 4.99 Å². The Hall–Kier alpha value is -3.44. The second kappa shape index (κ2) is 9.76. The van der Waals surface area contributed by atoms with E-state index in [1.165, 1.54) is 6.08 Å². The van der Waals surface area contributed by atoms with Crippen molar-refractivity contribution in [3.63, 3.8) is 0 Å². The average Bonchev–Trinajstić information content (AvgIpc) is 2.63. The summed E-state index contributed by atoms with van der Waals surface area (Å²) < 4.78 is 9.57. The number of anilines is 1. The number of hydrogen-bond acceptors (Lipinski definition) is 6. The molecule has 7 nitrogen and oxygen atoms in total. The summed E-state index contributed by atoms with van der Waals surface area (Å²) in [6.07, 6.45) is 1.05. The molecular formula is C19H18N2O5. The van der Waals surface area contributed by atoms with E-state index in [0.29, 0.717) is 24.3 Å². The Morgan fingerprint density at radius 1 is 1.15 bits per heavy atom. The van der Waals surface area contributed by atoms with Gasteiger partial charge in [-0.15, -0.1) is 0 Å². The molecule has 0 aliphatic rings. The Labute approximate surface area is 150 Å². The minimum atomic E-state index is -0.619. The molecule has 0 bridgehead atoms. The number of nitrogens with zero attached hydrogens (tertiary/aromatic N) is 1. The van der Waals surface area contributed by atoms with Crippen LogP contribution in [-0.2, 0) is 25.5 Å². The van der Waals surface area contributed by atoms with Gasteiger partial charge >= 0.3 is 6.09 Å². The fraction of sp³-hybridized carbons (Fsp3) is 0.211. The Kier molecular flexibility index (Phi) is 7.09. The molecule has 26 heavy (non-hydrogen) atoms. The van der Waals surface area contributed by atoms with E-state index in [9.17, 15) is 14.4 Å². The monoisotopic (exact) mass is 354 g/mol. The van der Waals surface area contributed by atoms with Gasteiger partial charge in [0.15, 0.2) is 0 Å². The van der Waals surface area contributed by atoms with Crippen LogP contribution in [0.3, 0.4) is 0 Å². The van der Waals surface area contributed by atoms with Crippen LogP contribution in [0, 0.1) is 0 Å². The van der Waals surface area contributed by atoms with Crippen LogP contribution in [0.5, 0.6) is 0 Å². The van der Waals surface area contributed by atoms with Gasteiger partial charge < -0.3 is 9.47 Å². The maximum Gasteiger partial charge on any atom is 0.412 e. The van der Waals surface area contributed by atoms with Gasteiger partial charge in [-0.2, -0.15) is 4.99 Å². The van der Waals surface area contributed by atoms with E-state index < -0.39 is 12.2 Å². The highest BCUT2D eigenvalue weighted by Gasteiger charge is 2.10. The zero-order valence-electron chi connectivity index (χ0n) is 14.2. The summed E-state index contributed by atoms with van der Waals surface area (Å²) in [5.41, 5.74) is 3.29. The van der Waals surface area contributed by atoms with Crippen LogP contribution in [0.4, 0.5) is 16.2 Å². The predicted octanol–water partition coefficient (Wildman–Crippen LogP) is 3.35. The molecule has 2 rings (SSSR count). The standard InChI is InChI=1S/C19H18N2O5/c1-14(11-25-13-23)26-19(24)21-18-8-4-16(5-9-18)10-15-2-6-17(7-3-15)20-12-22/h2-9,13-14H,10-11H2,1H3,(H,21,24). The SMILES string of the molecule is CC(COC=O)OC(=O)Nc1ccc(Cc2ccc(N=C=O)cc2)cc1. The molecule has 0 fully saturated rings. The number of rotatable bonds is 8. The van der Waals surface area contributed by atoms with Gasteiger partial charge in [-0.05, 0) is 48.7 Å². The topological polar surface area (TPSA) is 94.1 Å². The van der Waals surface area contributed by atoms with Gasteiger partial charge in [-0.25, -0.2) is 9.59 Å². The molecule has 1 N–H and O–H groups in total. The number of aliphatic imine (C=N–C) groups is 1. The fourth-order valence-corrected chi connectivity index (χ4v) is 2.22. The lowest BCUT2D eigenvalue weighted by molar-refractivity contribution is -0.131. The summed E-state index contributed by atoms with van der Waals surface area (Å²) in [6.45, 7) is 1.93. The third kappa shape index (κ3) is 6.22.